The maximum atomic E-state index is 4.23. The maximum Gasteiger partial charge on any atom is 0.0378 e. The van der Waals surface area contributed by atoms with Crippen LogP contribution in [0.4, 0.5) is 0 Å². The van der Waals surface area contributed by atoms with Crippen LogP contribution >= 0.6 is 0 Å². The molecule has 0 radical (unpaired) electrons. The zero-order chi connectivity index (χ0) is 13.0. The van der Waals surface area contributed by atoms with Crippen LogP contribution < -0.4 is 5.32 Å². The first-order chi connectivity index (χ1) is 8.70. The summed E-state index contributed by atoms with van der Waals surface area (Å²) in [6.45, 7) is 7.33. The molecule has 1 aromatic carbocycles. The largest absolute Gasteiger partial charge is 0.310 e. The maximum absolute atomic E-state index is 4.23. The van der Waals surface area contributed by atoms with Gasteiger partial charge in [-0.3, -0.25) is 4.98 Å². The van der Waals surface area contributed by atoms with Crippen LogP contribution in [0.1, 0.15) is 31.1 Å². The van der Waals surface area contributed by atoms with Gasteiger partial charge in [-0.05, 0) is 49.2 Å². The van der Waals surface area contributed by atoms with Crippen molar-refractivity contribution in [3.63, 3.8) is 0 Å². The molecule has 0 aliphatic rings. The molecule has 0 spiro atoms. The van der Waals surface area contributed by atoms with Gasteiger partial charge < -0.3 is 5.32 Å². The van der Waals surface area contributed by atoms with Gasteiger partial charge in [-0.2, -0.15) is 0 Å². The van der Waals surface area contributed by atoms with Crippen LogP contribution in [-0.2, 0) is 0 Å². The van der Waals surface area contributed by atoms with Crippen LogP contribution in [0.3, 0.4) is 0 Å². The second-order valence-corrected chi connectivity index (χ2v) is 4.59. The Bertz CT molecular complexity index is 503. The molecule has 1 heterocycles. The summed E-state index contributed by atoms with van der Waals surface area (Å²) in [4.78, 5) is 4.23. The highest BCUT2D eigenvalue weighted by atomic mass is 14.9. The van der Waals surface area contributed by atoms with E-state index in [2.05, 4.69) is 60.5 Å². The molecule has 2 nitrogen and oxygen atoms in total. The number of hydrogen-bond donors (Lipinski definition) is 1. The van der Waals surface area contributed by atoms with Gasteiger partial charge in [-0.1, -0.05) is 31.2 Å². The summed E-state index contributed by atoms with van der Waals surface area (Å²) in [7, 11) is 0. The summed E-state index contributed by atoms with van der Waals surface area (Å²) in [6, 6.07) is 13.3. The number of hydrogen-bond acceptors (Lipinski definition) is 2. The van der Waals surface area contributed by atoms with Crippen LogP contribution in [0.15, 0.2) is 42.6 Å². The van der Waals surface area contributed by atoms with Crippen LogP contribution in [-0.4, -0.2) is 11.5 Å². The van der Waals surface area contributed by atoms with E-state index in [1.807, 2.05) is 13.1 Å². The highest BCUT2D eigenvalue weighted by molar-refractivity contribution is 5.63. The van der Waals surface area contributed by atoms with E-state index >= 15 is 0 Å². The van der Waals surface area contributed by atoms with Gasteiger partial charge in [0.05, 0.1) is 0 Å². The molecule has 0 aliphatic heterocycles. The molecular formula is C16H20N2. The number of nitrogens with zero attached hydrogens (tertiary/aromatic N) is 1. The van der Waals surface area contributed by atoms with Gasteiger partial charge in [-0.25, -0.2) is 0 Å². The summed E-state index contributed by atoms with van der Waals surface area (Å²) in [6.07, 6.45) is 1.86. The van der Waals surface area contributed by atoms with Crippen molar-refractivity contribution in [1.29, 1.82) is 0 Å². The van der Waals surface area contributed by atoms with Crippen molar-refractivity contribution in [1.82, 2.24) is 10.3 Å². The van der Waals surface area contributed by atoms with E-state index in [4.69, 9.17) is 0 Å². The number of benzene rings is 1. The van der Waals surface area contributed by atoms with Crippen LogP contribution in [0.5, 0.6) is 0 Å². The average Bonchev–Trinajstić information content (AvgIpc) is 2.39. The van der Waals surface area contributed by atoms with E-state index in [0.29, 0.717) is 6.04 Å². The Morgan fingerprint density at radius 1 is 1.11 bits per heavy atom. The second-order valence-electron chi connectivity index (χ2n) is 4.59. The Morgan fingerprint density at radius 2 is 1.83 bits per heavy atom. The van der Waals surface area contributed by atoms with Crippen molar-refractivity contribution in [3.8, 4) is 11.1 Å². The zero-order valence-corrected chi connectivity index (χ0v) is 11.3. The number of pyridine rings is 1. The molecule has 2 heteroatoms. The minimum Gasteiger partial charge on any atom is -0.310 e. The Balaban J connectivity index is 2.22. The Labute approximate surface area is 109 Å². The van der Waals surface area contributed by atoms with E-state index < -0.39 is 0 Å². The van der Waals surface area contributed by atoms with Crippen molar-refractivity contribution in [2.24, 2.45) is 0 Å². The first kappa shape index (κ1) is 12.8. The topological polar surface area (TPSA) is 24.9 Å². The molecule has 94 valence electrons. The molecule has 1 aromatic heterocycles. The minimum absolute atomic E-state index is 0.406. The van der Waals surface area contributed by atoms with Crippen molar-refractivity contribution in [2.45, 2.75) is 26.8 Å². The van der Waals surface area contributed by atoms with Gasteiger partial charge >= 0.3 is 0 Å². The normalized spacial score (nSPS) is 12.4. The molecular weight excluding hydrogens is 220 g/mol. The Kier molecular flexibility index (Phi) is 4.11. The van der Waals surface area contributed by atoms with E-state index in [1.54, 1.807) is 0 Å². The lowest BCUT2D eigenvalue weighted by Crippen LogP contribution is -2.17. The van der Waals surface area contributed by atoms with E-state index in [1.165, 1.54) is 16.7 Å². The summed E-state index contributed by atoms with van der Waals surface area (Å²) in [5.74, 6) is 0. The lowest BCUT2D eigenvalue weighted by molar-refractivity contribution is 0.598. The molecule has 1 atom stereocenters. The van der Waals surface area contributed by atoms with Crippen molar-refractivity contribution < 1.29 is 0 Å². The molecule has 0 fully saturated rings. The van der Waals surface area contributed by atoms with Crippen LogP contribution in [0, 0.1) is 6.92 Å². The molecule has 0 aliphatic carbocycles. The quantitative estimate of drug-likeness (QED) is 0.881. The van der Waals surface area contributed by atoms with E-state index in [0.717, 1.165) is 12.2 Å². The monoisotopic (exact) mass is 240 g/mol. The van der Waals surface area contributed by atoms with Gasteiger partial charge in [0.25, 0.3) is 0 Å². The molecule has 2 aromatic rings. The smallest absolute Gasteiger partial charge is 0.0378 e. The van der Waals surface area contributed by atoms with Gasteiger partial charge in [0, 0.05) is 17.9 Å². The van der Waals surface area contributed by atoms with Crippen molar-refractivity contribution in [3.05, 3.63) is 53.9 Å². The molecule has 18 heavy (non-hydrogen) atoms. The number of aromatic nitrogens is 1. The summed E-state index contributed by atoms with van der Waals surface area (Å²) < 4.78 is 0. The van der Waals surface area contributed by atoms with E-state index in [9.17, 15) is 0 Å². The van der Waals surface area contributed by atoms with Crippen LogP contribution in [0.2, 0.25) is 0 Å². The Morgan fingerprint density at radius 3 is 2.44 bits per heavy atom. The predicted octanol–water partition coefficient (Wildman–Crippen LogP) is 3.73. The highest BCUT2D eigenvalue weighted by Gasteiger charge is 2.04. The fourth-order valence-electron chi connectivity index (χ4n) is 2.11. The molecule has 0 saturated heterocycles. The van der Waals surface area contributed by atoms with Crippen molar-refractivity contribution >= 4 is 0 Å². The summed E-state index contributed by atoms with van der Waals surface area (Å²) in [5, 5.41) is 3.42. The van der Waals surface area contributed by atoms with Crippen molar-refractivity contribution in [2.75, 3.05) is 6.54 Å². The fraction of sp³-hybridized carbons (Fsp3) is 0.312. The zero-order valence-electron chi connectivity index (χ0n) is 11.3. The Hall–Kier alpha value is -1.67. The summed E-state index contributed by atoms with van der Waals surface area (Å²) >= 11 is 0. The van der Waals surface area contributed by atoms with Gasteiger partial charge in [-0.15, -0.1) is 0 Å². The third-order valence-electron chi connectivity index (χ3n) is 3.15. The molecule has 1 N–H and O–H groups in total. The molecule has 1 unspecified atom stereocenters. The lowest BCUT2D eigenvalue weighted by Gasteiger charge is -2.13. The molecule has 0 saturated carbocycles. The molecule has 2 rings (SSSR count). The summed E-state index contributed by atoms with van der Waals surface area (Å²) in [5.41, 5.74) is 4.85. The number of nitrogens with one attached hydrogen (secondary N) is 1. The third-order valence-corrected chi connectivity index (χ3v) is 3.15. The fourth-order valence-corrected chi connectivity index (χ4v) is 2.11. The average molecular weight is 240 g/mol. The minimum atomic E-state index is 0.406. The highest BCUT2D eigenvalue weighted by Crippen LogP contribution is 2.22. The molecule has 0 bridgehead atoms. The first-order valence-corrected chi connectivity index (χ1v) is 6.47. The van der Waals surface area contributed by atoms with E-state index in [-0.39, 0.29) is 0 Å². The predicted molar refractivity (Wildman–Crippen MR) is 76.5 cm³/mol. The number of rotatable bonds is 4. The van der Waals surface area contributed by atoms with Gasteiger partial charge in [0.15, 0.2) is 0 Å². The first-order valence-electron chi connectivity index (χ1n) is 6.47. The number of aryl methyl sites for hydroxylation is 1. The third kappa shape index (κ3) is 2.96. The standard InChI is InChI=1S/C16H20N2/c1-4-17-13(3)14-5-7-15(8-6-14)16-9-10-18-12(2)11-16/h5-11,13,17H,4H2,1-3H3. The SMILES string of the molecule is CCNC(C)c1ccc(-c2ccnc(C)c2)cc1. The molecule has 0 amide bonds. The second kappa shape index (κ2) is 5.78. The lowest BCUT2D eigenvalue weighted by atomic mass is 10.0. The van der Waals surface area contributed by atoms with Gasteiger partial charge in [0.2, 0.25) is 0 Å². The van der Waals surface area contributed by atoms with Crippen LogP contribution in [0.25, 0.3) is 11.1 Å². The van der Waals surface area contributed by atoms with Gasteiger partial charge in [0.1, 0.15) is 0 Å².